The molecule has 0 saturated heterocycles. The summed E-state index contributed by atoms with van der Waals surface area (Å²) < 4.78 is 0. The van der Waals surface area contributed by atoms with E-state index >= 15 is 0 Å². The number of aryl methyl sites for hydroxylation is 1. The maximum Gasteiger partial charge on any atom is 0.0372 e. The first-order valence-electron chi connectivity index (χ1n) is 5.17. The summed E-state index contributed by atoms with van der Waals surface area (Å²) in [6.45, 7) is 4.38. The molecule has 1 aliphatic carbocycles. The normalized spacial score (nSPS) is 32.1. The second kappa shape index (κ2) is 3.65. The van der Waals surface area contributed by atoms with Crippen LogP contribution in [0.4, 0.5) is 0 Å². The van der Waals surface area contributed by atoms with Gasteiger partial charge in [-0.3, -0.25) is 4.98 Å². The van der Waals surface area contributed by atoms with E-state index in [1.807, 2.05) is 13.1 Å². The predicted molar refractivity (Wildman–Crippen MR) is 62.9 cm³/mol. The minimum Gasteiger partial charge on any atom is -0.261 e. The Labute approximate surface area is 94.1 Å². The van der Waals surface area contributed by atoms with Crippen LogP contribution in [-0.2, 0) is 5.41 Å². The van der Waals surface area contributed by atoms with Crippen LogP contribution in [0.3, 0.4) is 0 Å². The van der Waals surface area contributed by atoms with Gasteiger partial charge in [0.2, 0.25) is 0 Å². The Morgan fingerprint density at radius 1 is 1.50 bits per heavy atom. The number of halogens is 1. The van der Waals surface area contributed by atoms with Gasteiger partial charge >= 0.3 is 0 Å². The van der Waals surface area contributed by atoms with Gasteiger partial charge < -0.3 is 0 Å². The molecule has 2 unspecified atom stereocenters. The maximum atomic E-state index is 4.38. The molecule has 76 valence electrons. The van der Waals surface area contributed by atoms with Crippen LogP contribution in [0, 0.1) is 6.92 Å². The van der Waals surface area contributed by atoms with Crippen molar-refractivity contribution in [3.05, 3.63) is 29.6 Å². The quantitative estimate of drug-likeness (QED) is 0.698. The molecule has 0 radical (unpaired) electrons. The van der Waals surface area contributed by atoms with Gasteiger partial charge in [-0.1, -0.05) is 28.9 Å². The number of hydrogen-bond donors (Lipinski definition) is 0. The zero-order valence-electron chi connectivity index (χ0n) is 8.76. The molecule has 14 heavy (non-hydrogen) atoms. The van der Waals surface area contributed by atoms with Crippen LogP contribution < -0.4 is 0 Å². The Bertz CT molecular complexity index is 320. The number of nitrogens with zero attached hydrogens (tertiary/aromatic N) is 1. The van der Waals surface area contributed by atoms with Crippen LogP contribution in [0.5, 0.6) is 0 Å². The highest BCUT2D eigenvalue weighted by atomic mass is 79.9. The molecule has 1 aromatic heterocycles. The molecule has 0 aliphatic heterocycles. The van der Waals surface area contributed by atoms with Crippen LogP contribution in [0.2, 0.25) is 0 Å². The van der Waals surface area contributed by atoms with E-state index in [2.05, 4.69) is 40.0 Å². The molecule has 0 amide bonds. The van der Waals surface area contributed by atoms with Gasteiger partial charge in [0.05, 0.1) is 0 Å². The zero-order valence-corrected chi connectivity index (χ0v) is 10.3. The van der Waals surface area contributed by atoms with Crippen LogP contribution in [0.25, 0.3) is 0 Å². The maximum absolute atomic E-state index is 4.38. The molecular formula is C12H16BrN. The van der Waals surface area contributed by atoms with Gasteiger partial charge in [0.1, 0.15) is 0 Å². The summed E-state index contributed by atoms with van der Waals surface area (Å²) >= 11 is 3.71. The van der Waals surface area contributed by atoms with Gasteiger partial charge in [-0.2, -0.15) is 0 Å². The molecule has 0 N–H and O–H groups in total. The second-order valence-corrected chi connectivity index (χ2v) is 5.88. The lowest BCUT2D eigenvalue weighted by molar-refractivity contribution is 0.491. The Morgan fingerprint density at radius 2 is 2.29 bits per heavy atom. The van der Waals surface area contributed by atoms with Gasteiger partial charge in [0.25, 0.3) is 0 Å². The van der Waals surface area contributed by atoms with Crippen LogP contribution in [0.15, 0.2) is 18.3 Å². The Kier molecular flexibility index (Phi) is 2.65. The summed E-state index contributed by atoms with van der Waals surface area (Å²) in [5.74, 6) is 0. The third-order valence-electron chi connectivity index (χ3n) is 3.29. The number of rotatable bonds is 1. The van der Waals surface area contributed by atoms with E-state index in [9.17, 15) is 0 Å². The zero-order chi connectivity index (χ0) is 10.2. The van der Waals surface area contributed by atoms with E-state index in [1.165, 1.54) is 24.8 Å². The summed E-state index contributed by atoms with van der Waals surface area (Å²) in [6, 6.07) is 4.34. The van der Waals surface area contributed by atoms with Gasteiger partial charge in [0.15, 0.2) is 0 Å². The second-order valence-electron chi connectivity index (χ2n) is 4.59. The van der Waals surface area contributed by atoms with Gasteiger partial charge in [-0.05, 0) is 43.2 Å². The smallest absolute Gasteiger partial charge is 0.0372 e. The Hall–Kier alpha value is -0.370. The van der Waals surface area contributed by atoms with Crippen molar-refractivity contribution in [3.63, 3.8) is 0 Å². The van der Waals surface area contributed by atoms with Crippen LogP contribution in [0.1, 0.15) is 37.4 Å². The SMILES string of the molecule is Cc1ccc(C2(C)CCC(Br)C2)cn1. The third-order valence-corrected chi connectivity index (χ3v) is 4.07. The largest absolute Gasteiger partial charge is 0.261 e. The van der Waals surface area contributed by atoms with Crippen molar-refractivity contribution in [2.45, 2.75) is 43.4 Å². The van der Waals surface area contributed by atoms with Crippen LogP contribution in [-0.4, -0.2) is 9.81 Å². The van der Waals surface area contributed by atoms with Crippen molar-refractivity contribution in [1.29, 1.82) is 0 Å². The highest BCUT2D eigenvalue weighted by Gasteiger charge is 2.35. The Morgan fingerprint density at radius 3 is 2.79 bits per heavy atom. The van der Waals surface area contributed by atoms with Crippen LogP contribution >= 0.6 is 15.9 Å². The first-order valence-corrected chi connectivity index (χ1v) is 6.09. The van der Waals surface area contributed by atoms with E-state index in [0.717, 1.165) is 5.69 Å². The van der Waals surface area contributed by atoms with Crippen molar-refractivity contribution in [2.75, 3.05) is 0 Å². The molecule has 0 spiro atoms. The van der Waals surface area contributed by atoms with Crippen molar-refractivity contribution in [1.82, 2.24) is 4.98 Å². The molecule has 0 bridgehead atoms. The minimum absolute atomic E-state index is 0.342. The van der Waals surface area contributed by atoms with E-state index in [0.29, 0.717) is 10.2 Å². The third kappa shape index (κ3) is 1.85. The molecule has 1 fully saturated rings. The number of alkyl halides is 1. The molecule has 2 heteroatoms. The fraction of sp³-hybridized carbons (Fsp3) is 0.583. The van der Waals surface area contributed by atoms with Crippen molar-refractivity contribution in [3.8, 4) is 0 Å². The van der Waals surface area contributed by atoms with Gasteiger partial charge in [0, 0.05) is 16.7 Å². The molecular weight excluding hydrogens is 238 g/mol. The number of pyridine rings is 1. The van der Waals surface area contributed by atoms with E-state index in [1.54, 1.807) is 0 Å². The predicted octanol–water partition coefficient (Wildman–Crippen LogP) is 3.60. The average molecular weight is 254 g/mol. The summed E-state index contributed by atoms with van der Waals surface area (Å²) in [7, 11) is 0. The first kappa shape index (κ1) is 10.2. The van der Waals surface area contributed by atoms with Gasteiger partial charge in [-0.15, -0.1) is 0 Å². The fourth-order valence-electron chi connectivity index (χ4n) is 2.26. The summed E-state index contributed by atoms with van der Waals surface area (Å²) in [5.41, 5.74) is 2.84. The lowest BCUT2D eigenvalue weighted by Crippen LogP contribution is -2.18. The lowest BCUT2D eigenvalue weighted by atomic mass is 9.82. The molecule has 1 aromatic rings. The molecule has 0 aromatic carbocycles. The highest BCUT2D eigenvalue weighted by molar-refractivity contribution is 9.09. The lowest BCUT2D eigenvalue weighted by Gasteiger charge is -2.23. The topological polar surface area (TPSA) is 12.9 Å². The highest BCUT2D eigenvalue weighted by Crippen LogP contribution is 2.43. The summed E-state index contributed by atoms with van der Waals surface area (Å²) in [4.78, 5) is 5.07. The molecule has 1 aliphatic rings. The summed E-state index contributed by atoms with van der Waals surface area (Å²) in [6.07, 6.45) is 5.83. The van der Waals surface area contributed by atoms with Crippen molar-refractivity contribution in [2.24, 2.45) is 0 Å². The standard InChI is InChI=1S/C12H16BrN/c1-9-3-4-10(8-14-9)12(2)6-5-11(13)7-12/h3-4,8,11H,5-7H2,1-2H3. The van der Waals surface area contributed by atoms with Crippen molar-refractivity contribution < 1.29 is 0 Å². The summed E-state index contributed by atoms with van der Waals surface area (Å²) in [5, 5.41) is 0. The molecule has 1 nitrogen and oxygen atoms in total. The Balaban J connectivity index is 2.26. The molecule has 2 atom stereocenters. The number of hydrogen-bond acceptors (Lipinski definition) is 1. The first-order chi connectivity index (χ1) is 6.60. The molecule has 2 rings (SSSR count). The average Bonchev–Trinajstić information content (AvgIpc) is 2.48. The van der Waals surface area contributed by atoms with E-state index < -0.39 is 0 Å². The molecule has 1 heterocycles. The number of aromatic nitrogens is 1. The monoisotopic (exact) mass is 253 g/mol. The molecule has 1 saturated carbocycles. The van der Waals surface area contributed by atoms with E-state index in [4.69, 9.17) is 0 Å². The van der Waals surface area contributed by atoms with E-state index in [-0.39, 0.29) is 0 Å². The minimum atomic E-state index is 0.342. The van der Waals surface area contributed by atoms with Gasteiger partial charge in [-0.25, -0.2) is 0 Å². The van der Waals surface area contributed by atoms with Crippen molar-refractivity contribution >= 4 is 15.9 Å². The fourth-order valence-corrected chi connectivity index (χ4v) is 3.20.